The molecular weight excluding hydrogens is 524 g/mol. The van der Waals surface area contributed by atoms with Gasteiger partial charge in [0.1, 0.15) is 5.75 Å². The highest BCUT2D eigenvalue weighted by atomic mass is 16.5. The molecule has 5 rings (SSSR count). The Balaban J connectivity index is 1.40. The molecule has 1 atom stereocenters. The van der Waals surface area contributed by atoms with Gasteiger partial charge < -0.3 is 24.8 Å². The van der Waals surface area contributed by atoms with E-state index >= 15 is 0 Å². The van der Waals surface area contributed by atoms with Gasteiger partial charge in [0, 0.05) is 69.2 Å². The maximum Gasteiger partial charge on any atom is 0.225 e. The Kier molecular flexibility index (Phi) is 9.67. The molecule has 3 aromatic carbocycles. The molecule has 42 heavy (non-hydrogen) atoms. The summed E-state index contributed by atoms with van der Waals surface area (Å²) < 4.78 is 5.63. The molecule has 1 unspecified atom stereocenters. The third-order valence-corrected chi connectivity index (χ3v) is 8.71. The van der Waals surface area contributed by atoms with Crippen LogP contribution in [0.2, 0.25) is 0 Å². The first kappa shape index (κ1) is 29.5. The SMILES string of the molecule is COc1ccc(C(NC(=O)Cc2cc(N3CCN(C(C)=O)CC3)ccc2C)c2ccccc2)c(N2CCCCCC2)c1. The molecule has 0 spiro atoms. The molecular formula is C35H44N4O3. The standard InChI is InChI=1S/C35H44N4O3/c1-26-13-14-30(38-21-19-37(20-22-38)27(2)40)23-29(26)24-34(41)36-35(28-11-7-6-8-12-28)32-16-15-31(42-3)25-33(32)39-17-9-4-5-10-18-39/h6-8,11-16,23,25,35H,4-5,9-10,17-22,24H2,1-3H3,(H,36,41). The maximum absolute atomic E-state index is 13.8. The lowest BCUT2D eigenvalue weighted by Crippen LogP contribution is -2.48. The van der Waals surface area contributed by atoms with Crippen molar-refractivity contribution in [3.8, 4) is 5.75 Å². The Morgan fingerprint density at radius 1 is 0.833 bits per heavy atom. The molecule has 2 aliphatic heterocycles. The molecule has 7 nitrogen and oxygen atoms in total. The Bertz CT molecular complexity index is 1360. The lowest BCUT2D eigenvalue weighted by Gasteiger charge is -2.36. The summed E-state index contributed by atoms with van der Waals surface area (Å²) in [4.78, 5) is 32.2. The predicted octanol–water partition coefficient (Wildman–Crippen LogP) is 5.50. The van der Waals surface area contributed by atoms with Crippen LogP contribution in [0.1, 0.15) is 60.9 Å². The number of carbonyl (C=O) groups is 2. The molecule has 2 fully saturated rings. The van der Waals surface area contributed by atoms with Crippen molar-refractivity contribution in [1.29, 1.82) is 0 Å². The largest absolute Gasteiger partial charge is 0.497 e. The van der Waals surface area contributed by atoms with Crippen LogP contribution in [0.5, 0.6) is 5.75 Å². The van der Waals surface area contributed by atoms with Gasteiger partial charge in [-0.1, -0.05) is 55.3 Å². The van der Waals surface area contributed by atoms with Crippen LogP contribution >= 0.6 is 0 Å². The molecule has 222 valence electrons. The Morgan fingerprint density at radius 3 is 2.21 bits per heavy atom. The predicted molar refractivity (Wildman–Crippen MR) is 169 cm³/mol. The Labute approximate surface area is 250 Å². The van der Waals surface area contributed by atoms with E-state index in [-0.39, 0.29) is 17.9 Å². The first-order chi connectivity index (χ1) is 20.4. The van der Waals surface area contributed by atoms with E-state index in [1.165, 1.54) is 25.7 Å². The average molecular weight is 569 g/mol. The van der Waals surface area contributed by atoms with E-state index in [1.807, 2.05) is 29.2 Å². The van der Waals surface area contributed by atoms with E-state index < -0.39 is 0 Å². The van der Waals surface area contributed by atoms with Crippen molar-refractivity contribution in [3.63, 3.8) is 0 Å². The van der Waals surface area contributed by atoms with E-state index in [0.717, 1.165) is 78.6 Å². The lowest BCUT2D eigenvalue weighted by atomic mass is 9.95. The molecule has 0 bridgehead atoms. The lowest BCUT2D eigenvalue weighted by molar-refractivity contribution is -0.129. The number of rotatable bonds is 8. The number of hydrogen-bond acceptors (Lipinski definition) is 5. The number of ether oxygens (including phenoxy) is 1. The van der Waals surface area contributed by atoms with Gasteiger partial charge in [-0.15, -0.1) is 0 Å². The molecule has 0 aromatic heterocycles. The van der Waals surface area contributed by atoms with Crippen LogP contribution in [0.3, 0.4) is 0 Å². The number of hydrogen-bond donors (Lipinski definition) is 1. The molecule has 2 aliphatic rings. The zero-order valence-corrected chi connectivity index (χ0v) is 25.3. The Hall–Kier alpha value is -4.00. The summed E-state index contributed by atoms with van der Waals surface area (Å²) in [5, 5.41) is 3.41. The number of methoxy groups -OCH3 is 1. The van der Waals surface area contributed by atoms with Crippen molar-refractivity contribution < 1.29 is 14.3 Å². The second-order valence-corrected chi connectivity index (χ2v) is 11.5. The van der Waals surface area contributed by atoms with E-state index in [2.05, 4.69) is 64.5 Å². The van der Waals surface area contributed by atoms with Crippen molar-refractivity contribution in [2.45, 2.75) is 52.0 Å². The third kappa shape index (κ3) is 7.07. The summed E-state index contributed by atoms with van der Waals surface area (Å²) in [6.45, 7) is 8.73. The maximum atomic E-state index is 13.8. The highest BCUT2D eigenvalue weighted by molar-refractivity contribution is 5.81. The summed E-state index contributed by atoms with van der Waals surface area (Å²) in [7, 11) is 1.71. The minimum absolute atomic E-state index is 0.0110. The van der Waals surface area contributed by atoms with Crippen molar-refractivity contribution in [3.05, 3.63) is 89.0 Å². The minimum atomic E-state index is -0.286. The van der Waals surface area contributed by atoms with Gasteiger partial charge >= 0.3 is 0 Å². The normalized spacial score (nSPS) is 16.5. The topological polar surface area (TPSA) is 65.1 Å². The second-order valence-electron chi connectivity index (χ2n) is 11.5. The molecule has 3 aromatic rings. The summed E-state index contributed by atoms with van der Waals surface area (Å²) in [6, 6.07) is 22.6. The monoisotopic (exact) mass is 568 g/mol. The number of amides is 2. The van der Waals surface area contributed by atoms with Crippen LogP contribution in [0.15, 0.2) is 66.7 Å². The van der Waals surface area contributed by atoms with Gasteiger partial charge in [-0.3, -0.25) is 9.59 Å². The van der Waals surface area contributed by atoms with E-state index in [0.29, 0.717) is 6.42 Å². The number of benzene rings is 3. The fraction of sp³-hybridized carbons (Fsp3) is 0.429. The summed E-state index contributed by atoms with van der Waals surface area (Å²) in [6.07, 6.45) is 5.13. The van der Waals surface area contributed by atoms with Crippen LogP contribution in [0.4, 0.5) is 11.4 Å². The van der Waals surface area contributed by atoms with Crippen LogP contribution in [0.25, 0.3) is 0 Å². The minimum Gasteiger partial charge on any atom is -0.497 e. The third-order valence-electron chi connectivity index (χ3n) is 8.71. The average Bonchev–Trinajstić information content (AvgIpc) is 3.31. The van der Waals surface area contributed by atoms with Crippen LogP contribution in [-0.2, 0) is 16.0 Å². The number of nitrogens with one attached hydrogen (secondary N) is 1. The highest BCUT2D eigenvalue weighted by Gasteiger charge is 2.25. The molecule has 0 saturated carbocycles. The number of piperazine rings is 1. The molecule has 2 heterocycles. The van der Waals surface area contributed by atoms with Crippen molar-refractivity contribution >= 4 is 23.2 Å². The fourth-order valence-electron chi connectivity index (χ4n) is 6.18. The number of aryl methyl sites for hydroxylation is 1. The van der Waals surface area contributed by atoms with Gasteiger partial charge in [0.25, 0.3) is 0 Å². The smallest absolute Gasteiger partial charge is 0.225 e. The summed E-state index contributed by atoms with van der Waals surface area (Å²) in [5.41, 5.74) is 6.50. The zero-order chi connectivity index (χ0) is 29.5. The fourth-order valence-corrected chi connectivity index (χ4v) is 6.18. The zero-order valence-electron chi connectivity index (χ0n) is 25.3. The van der Waals surface area contributed by atoms with Crippen LogP contribution < -0.4 is 19.9 Å². The van der Waals surface area contributed by atoms with Gasteiger partial charge in [0.15, 0.2) is 0 Å². The number of anilines is 2. The molecule has 0 radical (unpaired) electrons. The van der Waals surface area contributed by atoms with Crippen molar-refractivity contribution in [2.75, 3.05) is 56.2 Å². The van der Waals surface area contributed by atoms with Crippen LogP contribution in [0, 0.1) is 6.92 Å². The molecule has 2 saturated heterocycles. The van der Waals surface area contributed by atoms with Crippen molar-refractivity contribution in [2.24, 2.45) is 0 Å². The quantitative estimate of drug-likeness (QED) is 0.389. The molecule has 1 N–H and O–H groups in total. The van der Waals surface area contributed by atoms with Gasteiger partial charge in [-0.2, -0.15) is 0 Å². The second kappa shape index (κ2) is 13.8. The van der Waals surface area contributed by atoms with E-state index in [4.69, 9.17) is 4.74 Å². The number of carbonyl (C=O) groups excluding carboxylic acids is 2. The summed E-state index contributed by atoms with van der Waals surface area (Å²) >= 11 is 0. The van der Waals surface area contributed by atoms with E-state index in [1.54, 1.807) is 14.0 Å². The number of nitrogens with zero attached hydrogens (tertiary/aromatic N) is 3. The van der Waals surface area contributed by atoms with Gasteiger partial charge in [0.05, 0.1) is 19.6 Å². The van der Waals surface area contributed by atoms with Crippen LogP contribution in [-0.4, -0.2) is 63.1 Å². The summed E-state index contributed by atoms with van der Waals surface area (Å²) in [5.74, 6) is 0.940. The van der Waals surface area contributed by atoms with Gasteiger partial charge in [0.2, 0.25) is 11.8 Å². The van der Waals surface area contributed by atoms with Gasteiger partial charge in [-0.25, -0.2) is 0 Å². The van der Waals surface area contributed by atoms with Gasteiger partial charge in [-0.05, 0) is 54.7 Å². The first-order valence-corrected chi connectivity index (χ1v) is 15.3. The molecule has 2 amide bonds. The van der Waals surface area contributed by atoms with E-state index in [9.17, 15) is 9.59 Å². The van der Waals surface area contributed by atoms with Crippen molar-refractivity contribution in [1.82, 2.24) is 10.2 Å². The molecule has 0 aliphatic carbocycles. The first-order valence-electron chi connectivity index (χ1n) is 15.3. The highest BCUT2D eigenvalue weighted by Crippen LogP contribution is 2.35. The molecule has 7 heteroatoms. The Morgan fingerprint density at radius 2 is 1.55 bits per heavy atom.